The lowest BCUT2D eigenvalue weighted by molar-refractivity contribution is 0.570. The van der Waals surface area contributed by atoms with Crippen LogP contribution in [0.1, 0.15) is 77.3 Å². The SMILES string of the molecule is C=Cc1ccccc1C/C=C(\C)c1ccc(C2(C)C=CC(c3ccc4ccccc4c3)=CC2)c(C2(C)c3ccccc3N(c3ccc(C)cc3)c3ccccc32)c1. The van der Waals surface area contributed by atoms with Crippen molar-refractivity contribution in [3.8, 4) is 0 Å². The Hall–Kier alpha value is -6.44. The Morgan fingerprint density at radius 1 is 0.667 bits per heavy atom. The molecular formula is C56H49N. The standard InChI is InChI=1S/C56H49N/c1-6-41-15-7-8-16-42(41)26-25-40(3)45-29-32-49(55(4)35-33-44(34-36-55)47-28-27-43-17-9-10-18-46(43)37-47)52(38-45)56(5)50-19-11-13-21-53(50)57(48-30-23-39(2)24-31-48)54-22-14-12-20-51(54)56/h6-25,27-35,37-38H,1,26,36H2,2-5H3/b40-25+. The maximum atomic E-state index is 4.07. The maximum absolute atomic E-state index is 4.07. The molecule has 2 aliphatic rings. The summed E-state index contributed by atoms with van der Waals surface area (Å²) in [6.45, 7) is 13.4. The van der Waals surface area contributed by atoms with Gasteiger partial charge < -0.3 is 4.90 Å². The Morgan fingerprint density at radius 3 is 2.04 bits per heavy atom. The molecule has 0 saturated heterocycles. The minimum Gasteiger partial charge on any atom is -0.310 e. The van der Waals surface area contributed by atoms with E-state index in [9.17, 15) is 0 Å². The van der Waals surface area contributed by atoms with Gasteiger partial charge in [0.15, 0.2) is 0 Å². The molecule has 7 aromatic carbocycles. The van der Waals surface area contributed by atoms with Gasteiger partial charge in [0.25, 0.3) is 0 Å². The second-order valence-corrected chi connectivity index (χ2v) is 16.3. The normalized spacial score (nSPS) is 17.2. The van der Waals surface area contributed by atoms with Gasteiger partial charge in [0, 0.05) is 16.5 Å². The second kappa shape index (κ2) is 14.6. The summed E-state index contributed by atoms with van der Waals surface area (Å²) in [7, 11) is 0. The fourth-order valence-electron chi connectivity index (χ4n) is 9.24. The lowest BCUT2D eigenvalue weighted by atomic mass is 9.62. The van der Waals surface area contributed by atoms with Crippen LogP contribution >= 0.6 is 0 Å². The van der Waals surface area contributed by atoms with Crippen molar-refractivity contribution < 1.29 is 0 Å². The number of benzene rings is 7. The van der Waals surface area contributed by atoms with E-state index in [1.165, 1.54) is 89.1 Å². The molecule has 0 N–H and O–H groups in total. The van der Waals surface area contributed by atoms with E-state index in [2.05, 4.69) is 221 Å². The van der Waals surface area contributed by atoms with Crippen LogP contribution in [0.3, 0.4) is 0 Å². The number of hydrogen-bond donors (Lipinski definition) is 0. The molecular weight excluding hydrogens is 687 g/mol. The van der Waals surface area contributed by atoms with E-state index in [0.29, 0.717) is 0 Å². The summed E-state index contributed by atoms with van der Waals surface area (Å²) in [4.78, 5) is 2.46. The Labute approximate surface area is 338 Å². The van der Waals surface area contributed by atoms with Crippen LogP contribution in [0.4, 0.5) is 17.1 Å². The average molecular weight is 736 g/mol. The number of aryl methyl sites for hydroxylation is 1. The molecule has 1 nitrogen and oxygen atoms in total. The second-order valence-electron chi connectivity index (χ2n) is 16.3. The van der Waals surface area contributed by atoms with Crippen LogP contribution in [0.25, 0.3) is 28.0 Å². The number of nitrogens with zero attached hydrogens (tertiary/aromatic N) is 1. The zero-order chi connectivity index (χ0) is 39.1. The van der Waals surface area contributed by atoms with Crippen molar-refractivity contribution in [3.63, 3.8) is 0 Å². The van der Waals surface area contributed by atoms with Crippen molar-refractivity contribution >= 4 is 45.1 Å². The Bertz CT molecular complexity index is 2710. The van der Waals surface area contributed by atoms with Crippen LogP contribution in [0.5, 0.6) is 0 Å². The summed E-state index contributed by atoms with van der Waals surface area (Å²) in [6.07, 6.45) is 13.4. The Morgan fingerprint density at radius 2 is 1.33 bits per heavy atom. The van der Waals surface area contributed by atoms with Crippen LogP contribution in [-0.2, 0) is 17.3 Å². The number of para-hydroxylation sites is 2. The molecule has 0 saturated carbocycles. The third kappa shape index (κ3) is 6.38. The summed E-state index contributed by atoms with van der Waals surface area (Å²) in [6, 6.07) is 58.4. The summed E-state index contributed by atoms with van der Waals surface area (Å²) in [5.74, 6) is 0. The topological polar surface area (TPSA) is 3.24 Å². The van der Waals surface area contributed by atoms with Crippen LogP contribution in [0.2, 0.25) is 0 Å². The number of anilines is 3. The van der Waals surface area contributed by atoms with E-state index in [-0.39, 0.29) is 5.41 Å². The van der Waals surface area contributed by atoms with Gasteiger partial charge in [-0.2, -0.15) is 0 Å². The molecule has 0 aromatic heterocycles. The molecule has 1 atom stereocenters. The van der Waals surface area contributed by atoms with Gasteiger partial charge in [0.05, 0.1) is 11.4 Å². The van der Waals surface area contributed by atoms with Crippen molar-refractivity contribution in [1.29, 1.82) is 0 Å². The van der Waals surface area contributed by atoms with Crippen LogP contribution in [-0.4, -0.2) is 0 Å². The smallest absolute Gasteiger partial charge is 0.0506 e. The molecule has 1 unspecified atom stereocenters. The van der Waals surface area contributed by atoms with E-state index >= 15 is 0 Å². The highest BCUT2D eigenvalue weighted by Gasteiger charge is 2.44. The maximum Gasteiger partial charge on any atom is 0.0506 e. The minimum absolute atomic E-state index is 0.226. The third-order valence-electron chi connectivity index (χ3n) is 12.7. The zero-order valence-electron chi connectivity index (χ0n) is 33.5. The predicted molar refractivity (Wildman–Crippen MR) is 245 cm³/mol. The molecule has 1 heteroatoms. The van der Waals surface area contributed by atoms with Crippen LogP contribution < -0.4 is 4.90 Å². The van der Waals surface area contributed by atoms with Gasteiger partial charge in [0.1, 0.15) is 0 Å². The van der Waals surface area contributed by atoms with E-state index in [4.69, 9.17) is 0 Å². The van der Waals surface area contributed by atoms with Crippen LogP contribution in [0.15, 0.2) is 189 Å². The average Bonchev–Trinajstić information content (AvgIpc) is 3.26. The molecule has 7 aromatic rings. The molecule has 0 amide bonds. The molecule has 1 heterocycles. The zero-order valence-corrected chi connectivity index (χ0v) is 33.5. The number of hydrogen-bond acceptors (Lipinski definition) is 1. The van der Waals surface area contributed by atoms with E-state index in [0.717, 1.165) is 12.8 Å². The third-order valence-corrected chi connectivity index (χ3v) is 12.7. The van der Waals surface area contributed by atoms with Crippen molar-refractivity contribution in [2.75, 3.05) is 4.90 Å². The first-order valence-electron chi connectivity index (χ1n) is 20.2. The van der Waals surface area contributed by atoms with Gasteiger partial charge in [-0.25, -0.2) is 0 Å². The summed E-state index contributed by atoms with van der Waals surface area (Å²) < 4.78 is 0. The molecule has 57 heavy (non-hydrogen) atoms. The van der Waals surface area contributed by atoms with Crippen molar-refractivity contribution in [1.82, 2.24) is 0 Å². The van der Waals surface area contributed by atoms with Crippen molar-refractivity contribution in [2.24, 2.45) is 0 Å². The van der Waals surface area contributed by atoms with Gasteiger partial charge in [0.2, 0.25) is 0 Å². The highest BCUT2D eigenvalue weighted by Crippen LogP contribution is 2.56. The monoisotopic (exact) mass is 735 g/mol. The molecule has 278 valence electrons. The lowest BCUT2D eigenvalue weighted by Gasteiger charge is -2.46. The molecule has 1 aliphatic heterocycles. The largest absolute Gasteiger partial charge is 0.310 e. The highest BCUT2D eigenvalue weighted by atomic mass is 15.2. The Balaban J connectivity index is 1.21. The molecule has 0 bridgehead atoms. The molecule has 1 aliphatic carbocycles. The van der Waals surface area contributed by atoms with Gasteiger partial charge in [-0.15, -0.1) is 0 Å². The number of rotatable bonds is 8. The first-order valence-corrected chi connectivity index (χ1v) is 20.2. The summed E-state index contributed by atoms with van der Waals surface area (Å²) in [5, 5.41) is 2.54. The fraction of sp³-hybridized carbons (Fsp3) is 0.143. The van der Waals surface area contributed by atoms with E-state index in [1.54, 1.807) is 0 Å². The van der Waals surface area contributed by atoms with E-state index < -0.39 is 5.41 Å². The first kappa shape index (κ1) is 36.2. The Kier molecular flexibility index (Phi) is 9.26. The quantitative estimate of drug-likeness (QED) is 0.150. The fourth-order valence-corrected chi connectivity index (χ4v) is 9.24. The molecule has 9 rings (SSSR count). The number of fused-ring (bicyclic) bond motifs is 3. The predicted octanol–water partition coefficient (Wildman–Crippen LogP) is 14.9. The van der Waals surface area contributed by atoms with Crippen molar-refractivity contribution in [3.05, 3.63) is 239 Å². The van der Waals surface area contributed by atoms with Gasteiger partial charge in [-0.05, 0) is 136 Å². The minimum atomic E-state index is -0.450. The summed E-state index contributed by atoms with van der Waals surface area (Å²) in [5.41, 5.74) is 17.0. The van der Waals surface area contributed by atoms with Gasteiger partial charge in [-0.3, -0.25) is 0 Å². The van der Waals surface area contributed by atoms with Crippen molar-refractivity contribution in [2.45, 2.75) is 51.4 Å². The first-order chi connectivity index (χ1) is 27.8. The van der Waals surface area contributed by atoms with Gasteiger partial charge >= 0.3 is 0 Å². The molecule has 0 spiro atoms. The van der Waals surface area contributed by atoms with E-state index in [1.807, 2.05) is 6.08 Å². The van der Waals surface area contributed by atoms with Gasteiger partial charge in [-0.1, -0.05) is 171 Å². The molecule has 0 fully saturated rings. The van der Waals surface area contributed by atoms with Crippen LogP contribution in [0, 0.1) is 6.92 Å². The lowest BCUT2D eigenvalue weighted by Crippen LogP contribution is -2.37. The number of allylic oxidation sites excluding steroid dienone is 6. The molecule has 0 radical (unpaired) electrons. The summed E-state index contributed by atoms with van der Waals surface area (Å²) >= 11 is 0. The highest BCUT2D eigenvalue weighted by molar-refractivity contribution is 5.90.